The van der Waals surface area contributed by atoms with Crippen molar-refractivity contribution in [3.8, 4) is 22.8 Å². The summed E-state index contributed by atoms with van der Waals surface area (Å²) in [5.41, 5.74) is 3.52. The molecule has 0 spiro atoms. The Kier molecular flexibility index (Phi) is 3.90. The van der Waals surface area contributed by atoms with Gasteiger partial charge in [-0.15, -0.1) is 0 Å². The van der Waals surface area contributed by atoms with E-state index in [0.29, 0.717) is 16.7 Å². The molecule has 0 radical (unpaired) electrons. The van der Waals surface area contributed by atoms with Crippen molar-refractivity contribution in [2.24, 2.45) is 0 Å². The van der Waals surface area contributed by atoms with E-state index < -0.39 is 0 Å². The van der Waals surface area contributed by atoms with Gasteiger partial charge in [-0.3, -0.25) is 0 Å². The monoisotopic (exact) mass is 317 g/mol. The van der Waals surface area contributed by atoms with Crippen LogP contribution in [0.1, 0.15) is 12.5 Å². The van der Waals surface area contributed by atoms with E-state index in [4.69, 9.17) is 21.1 Å². The highest BCUT2D eigenvalue weighted by Gasteiger charge is 2.12. The summed E-state index contributed by atoms with van der Waals surface area (Å²) < 4.78 is 12.2. The molecule has 114 valence electrons. The molecule has 0 fully saturated rings. The van der Waals surface area contributed by atoms with Gasteiger partial charge >= 0.3 is 0 Å². The number of halogens is 1. The number of aromatic nitrogens is 3. The van der Waals surface area contributed by atoms with Gasteiger partial charge in [0, 0.05) is 17.2 Å². The van der Waals surface area contributed by atoms with Crippen LogP contribution in [0.4, 0.5) is 0 Å². The van der Waals surface area contributed by atoms with E-state index in [1.54, 1.807) is 31.0 Å². The summed E-state index contributed by atoms with van der Waals surface area (Å²) in [4.78, 5) is 4.69. The second-order valence-corrected chi connectivity index (χ2v) is 5.18. The van der Waals surface area contributed by atoms with E-state index in [0.717, 1.165) is 28.9 Å². The Labute approximate surface area is 133 Å². The summed E-state index contributed by atoms with van der Waals surface area (Å²) >= 11 is 6.32. The highest BCUT2D eigenvalue weighted by atomic mass is 35.5. The Morgan fingerprint density at radius 2 is 1.91 bits per heavy atom. The number of ether oxygens (including phenoxy) is 2. The quantitative estimate of drug-likeness (QED) is 0.689. The summed E-state index contributed by atoms with van der Waals surface area (Å²) in [6.45, 7) is 2.07. The van der Waals surface area contributed by atoms with E-state index in [9.17, 15) is 0 Å². The Morgan fingerprint density at radius 3 is 2.59 bits per heavy atom. The number of benzene rings is 1. The van der Waals surface area contributed by atoms with Crippen LogP contribution in [0.5, 0.6) is 11.5 Å². The van der Waals surface area contributed by atoms with E-state index >= 15 is 0 Å². The van der Waals surface area contributed by atoms with Crippen LogP contribution < -0.4 is 9.47 Å². The van der Waals surface area contributed by atoms with Crippen molar-refractivity contribution in [2.45, 2.75) is 13.3 Å². The van der Waals surface area contributed by atoms with Gasteiger partial charge in [0.25, 0.3) is 0 Å². The molecule has 3 aromatic rings. The number of rotatable bonds is 4. The molecule has 0 aliphatic heterocycles. The topological polar surface area (TPSA) is 48.7 Å². The smallest absolute Gasteiger partial charge is 0.161 e. The van der Waals surface area contributed by atoms with Gasteiger partial charge in [0.1, 0.15) is 5.15 Å². The highest BCUT2D eigenvalue weighted by Crippen LogP contribution is 2.32. The van der Waals surface area contributed by atoms with Gasteiger partial charge in [-0.2, -0.15) is 5.10 Å². The summed E-state index contributed by atoms with van der Waals surface area (Å²) in [6, 6.07) is 7.46. The molecule has 0 bridgehead atoms. The van der Waals surface area contributed by atoms with E-state index in [2.05, 4.69) is 17.0 Å². The molecule has 5 nitrogen and oxygen atoms in total. The minimum Gasteiger partial charge on any atom is -0.493 e. The average Bonchev–Trinajstić information content (AvgIpc) is 2.97. The number of nitrogens with zero attached hydrogens (tertiary/aromatic N) is 3. The van der Waals surface area contributed by atoms with Crippen LogP contribution >= 0.6 is 11.6 Å². The van der Waals surface area contributed by atoms with Crippen molar-refractivity contribution in [3.05, 3.63) is 41.2 Å². The summed E-state index contributed by atoms with van der Waals surface area (Å²) in [5.74, 6) is 1.33. The van der Waals surface area contributed by atoms with Crippen LogP contribution in [0.15, 0.2) is 30.5 Å². The van der Waals surface area contributed by atoms with Gasteiger partial charge in [-0.25, -0.2) is 9.50 Å². The molecule has 0 aliphatic rings. The fourth-order valence-corrected chi connectivity index (χ4v) is 2.59. The van der Waals surface area contributed by atoms with Crippen molar-refractivity contribution >= 4 is 17.2 Å². The maximum atomic E-state index is 6.32. The molecule has 0 amide bonds. The van der Waals surface area contributed by atoms with Crippen LogP contribution in [0.25, 0.3) is 16.9 Å². The van der Waals surface area contributed by atoms with Crippen molar-refractivity contribution < 1.29 is 9.47 Å². The molecule has 0 saturated carbocycles. The molecular weight excluding hydrogens is 302 g/mol. The van der Waals surface area contributed by atoms with Gasteiger partial charge < -0.3 is 9.47 Å². The third kappa shape index (κ3) is 2.37. The molecule has 6 heteroatoms. The second kappa shape index (κ2) is 5.85. The van der Waals surface area contributed by atoms with Crippen molar-refractivity contribution in [3.63, 3.8) is 0 Å². The number of fused-ring (bicyclic) bond motifs is 1. The molecule has 2 aromatic heterocycles. The van der Waals surface area contributed by atoms with Gasteiger partial charge in [-0.05, 0) is 24.6 Å². The van der Waals surface area contributed by atoms with Crippen molar-refractivity contribution in [1.29, 1.82) is 0 Å². The van der Waals surface area contributed by atoms with Crippen LogP contribution in [0.2, 0.25) is 5.15 Å². The molecule has 0 aliphatic carbocycles. The van der Waals surface area contributed by atoms with Crippen molar-refractivity contribution in [2.75, 3.05) is 14.2 Å². The largest absolute Gasteiger partial charge is 0.493 e. The third-order valence-corrected chi connectivity index (χ3v) is 3.83. The molecule has 1 aromatic carbocycles. The zero-order chi connectivity index (χ0) is 15.7. The minimum atomic E-state index is 0.523. The number of hydrogen-bond acceptors (Lipinski definition) is 4. The lowest BCUT2D eigenvalue weighted by Crippen LogP contribution is -1.97. The highest BCUT2D eigenvalue weighted by molar-refractivity contribution is 6.30. The molecular formula is C16H16ClN3O2. The molecule has 0 unspecified atom stereocenters. The minimum absolute atomic E-state index is 0.523. The van der Waals surface area contributed by atoms with Crippen LogP contribution in [0.3, 0.4) is 0 Å². The van der Waals surface area contributed by atoms with Crippen LogP contribution in [-0.2, 0) is 6.42 Å². The molecule has 0 saturated heterocycles. The van der Waals surface area contributed by atoms with Gasteiger partial charge in [-0.1, -0.05) is 18.5 Å². The first kappa shape index (κ1) is 14.7. The van der Waals surface area contributed by atoms with Crippen molar-refractivity contribution in [1.82, 2.24) is 14.6 Å². The Bertz CT molecular complexity index is 830. The molecule has 0 atom stereocenters. The fourth-order valence-electron chi connectivity index (χ4n) is 2.36. The molecule has 0 N–H and O–H groups in total. The number of hydrogen-bond donors (Lipinski definition) is 0. The normalized spacial score (nSPS) is 10.9. The number of aryl methyl sites for hydroxylation is 1. The zero-order valence-electron chi connectivity index (χ0n) is 12.6. The van der Waals surface area contributed by atoms with Gasteiger partial charge in [0.15, 0.2) is 17.1 Å². The lowest BCUT2D eigenvalue weighted by Gasteiger charge is -2.10. The summed E-state index contributed by atoms with van der Waals surface area (Å²) in [5, 5.41) is 4.79. The first-order valence-electron chi connectivity index (χ1n) is 6.93. The summed E-state index contributed by atoms with van der Waals surface area (Å²) in [7, 11) is 3.22. The lowest BCUT2D eigenvalue weighted by atomic mass is 10.1. The van der Waals surface area contributed by atoms with E-state index in [1.165, 1.54) is 0 Å². The van der Waals surface area contributed by atoms with Gasteiger partial charge in [0.05, 0.1) is 26.1 Å². The molecule has 3 rings (SSSR count). The molecule has 2 heterocycles. The first-order chi connectivity index (χ1) is 10.7. The maximum absolute atomic E-state index is 6.32. The van der Waals surface area contributed by atoms with Gasteiger partial charge in [0.2, 0.25) is 0 Å². The third-order valence-electron chi connectivity index (χ3n) is 3.56. The maximum Gasteiger partial charge on any atom is 0.161 e. The van der Waals surface area contributed by atoms with Crippen LogP contribution in [-0.4, -0.2) is 28.8 Å². The average molecular weight is 318 g/mol. The number of methoxy groups -OCH3 is 2. The Balaban J connectivity index is 2.17. The predicted octanol–water partition coefficient (Wildman–Crippen LogP) is 3.63. The zero-order valence-corrected chi connectivity index (χ0v) is 13.4. The van der Waals surface area contributed by atoms with E-state index in [1.807, 2.05) is 18.2 Å². The Hall–Kier alpha value is -2.27. The molecule has 22 heavy (non-hydrogen) atoms. The SMILES string of the molecule is CCc1cnn2c(Cl)cc(-c3ccc(OC)c(OC)c3)nc12. The van der Waals surface area contributed by atoms with E-state index in [-0.39, 0.29) is 0 Å². The van der Waals surface area contributed by atoms with Crippen LogP contribution in [0, 0.1) is 0 Å². The summed E-state index contributed by atoms with van der Waals surface area (Å²) in [6.07, 6.45) is 2.65. The lowest BCUT2D eigenvalue weighted by molar-refractivity contribution is 0.355. The fraction of sp³-hybridized carbons (Fsp3) is 0.250. The second-order valence-electron chi connectivity index (χ2n) is 4.79. The predicted molar refractivity (Wildman–Crippen MR) is 85.9 cm³/mol. The Morgan fingerprint density at radius 1 is 1.14 bits per heavy atom. The first-order valence-corrected chi connectivity index (χ1v) is 7.31. The standard InChI is InChI=1S/C16H16ClN3O2/c1-4-10-9-18-20-15(17)8-12(19-16(10)20)11-5-6-13(21-2)14(7-11)22-3/h5-9H,4H2,1-3H3.